The van der Waals surface area contributed by atoms with E-state index < -0.39 is 15.8 Å². The Hall–Kier alpha value is -1.82. The zero-order chi connectivity index (χ0) is 14.3. The first-order chi connectivity index (χ1) is 8.95. The molecule has 0 aromatic heterocycles. The van der Waals surface area contributed by atoms with Gasteiger partial charge in [0.1, 0.15) is 6.61 Å². The third-order valence-electron chi connectivity index (χ3n) is 2.41. The summed E-state index contributed by atoms with van der Waals surface area (Å²) in [5, 5.41) is 0. The summed E-state index contributed by atoms with van der Waals surface area (Å²) < 4.78 is 28.5. The first-order valence-electron chi connectivity index (χ1n) is 5.86. The lowest BCUT2D eigenvalue weighted by Crippen LogP contribution is -2.15. The van der Waals surface area contributed by atoms with E-state index >= 15 is 0 Å². The SMILES string of the molecule is CCC(N)=CC(=O)OCCS(=O)(=O)c1ccccc1. The Bertz CT molecular complexity index is 549. The molecule has 0 aliphatic rings. The van der Waals surface area contributed by atoms with Crippen LogP contribution in [0.3, 0.4) is 0 Å². The van der Waals surface area contributed by atoms with Crippen LogP contribution in [0.2, 0.25) is 0 Å². The first kappa shape index (κ1) is 15.2. The number of hydrogen-bond donors (Lipinski definition) is 1. The highest BCUT2D eigenvalue weighted by molar-refractivity contribution is 7.91. The molecule has 0 saturated heterocycles. The van der Waals surface area contributed by atoms with E-state index in [0.717, 1.165) is 6.08 Å². The molecule has 6 heteroatoms. The van der Waals surface area contributed by atoms with Crippen molar-refractivity contribution in [1.82, 2.24) is 0 Å². The number of rotatable bonds is 6. The van der Waals surface area contributed by atoms with Crippen LogP contribution < -0.4 is 5.73 Å². The van der Waals surface area contributed by atoms with Gasteiger partial charge in [0.25, 0.3) is 0 Å². The molecule has 0 heterocycles. The normalized spacial score (nSPS) is 12.2. The summed E-state index contributed by atoms with van der Waals surface area (Å²) in [5.41, 5.74) is 5.86. The van der Waals surface area contributed by atoms with Crippen LogP contribution in [-0.2, 0) is 19.4 Å². The Morgan fingerprint density at radius 1 is 1.32 bits per heavy atom. The lowest BCUT2D eigenvalue weighted by atomic mass is 10.3. The minimum absolute atomic E-state index is 0.191. The Morgan fingerprint density at radius 2 is 1.95 bits per heavy atom. The first-order valence-corrected chi connectivity index (χ1v) is 7.51. The Morgan fingerprint density at radius 3 is 2.53 bits per heavy atom. The molecule has 0 fully saturated rings. The van der Waals surface area contributed by atoms with E-state index in [1.807, 2.05) is 0 Å². The van der Waals surface area contributed by atoms with E-state index in [2.05, 4.69) is 0 Å². The van der Waals surface area contributed by atoms with Crippen molar-refractivity contribution in [1.29, 1.82) is 0 Å². The molecule has 1 rings (SSSR count). The second-order valence-corrected chi connectivity index (χ2v) is 5.98. The van der Waals surface area contributed by atoms with Crippen molar-refractivity contribution in [3.8, 4) is 0 Å². The van der Waals surface area contributed by atoms with Crippen molar-refractivity contribution < 1.29 is 17.9 Å². The summed E-state index contributed by atoms with van der Waals surface area (Å²) in [6, 6.07) is 8.03. The van der Waals surface area contributed by atoms with Crippen molar-refractivity contribution in [3.63, 3.8) is 0 Å². The number of sulfone groups is 1. The lowest BCUT2D eigenvalue weighted by Gasteiger charge is -2.05. The number of ether oxygens (including phenoxy) is 1. The molecule has 2 N–H and O–H groups in total. The predicted molar refractivity (Wildman–Crippen MR) is 72.0 cm³/mol. The minimum Gasteiger partial charge on any atom is -0.461 e. The van der Waals surface area contributed by atoms with Crippen molar-refractivity contribution in [2.45, 2.75) is 18.2 Å². The summed E-state index contributed by atoms with van der Waals surface area (Å²) in [7, 11) is -3.42. The number of allylic oxidation sites excluding steroid dienone is 1. The highest BCUT2D eigenvalue weighted by Crippen LogP contribution is 2.09. The summed E-state index contributed by atoms with van der Waals surface area (Å²) in [4.78, 5) is 11.5. The molecule has 0 amide bonds. The monoisotopic (exact) mass is 283 g/mol. The van der Waals surface area contributed by atoms with Gasteiger partial charge in [0, 0.05) is 11.8 Å². The van der Waals surface area contributed by atoms with Crippen LogP contribution in [0.1, 0.15) is 13.3 Å². The second kappa shape index (κ2) is 6.94. The van der Waals surface area contributed by atoms with Crippen molar-refractivity contribution in [2.24, 2.45) is 5.73 Å². The number of benzene rings is 1. The second-order valence-electron chi connectivity index (χ2n) is 3.87. The fourth-order valence-corrected chi connectivity index (χ4v) is 2.40. The number of nitrogens with two attached hydrogens (primary N) is 1. The highest BCUT2D eigenvalue weighted by atomic mass is 32.2. The fraction of sp³-hybridized carbons (Fsp3) is 0.308. The van der Waals surface area contributed by atoms with Gasteiger partial charge in [-0.3, -0.25) is 0 Å². The topological polar surface area (TPSA) is 86.5 Å². The van der Waals surface area contributed by atoms with Crippen LogP contribution >= 0.6 is 0 Å². The van der Waals surface area contributed by atoms with Gasteiger partial charge >= 0.3 is 5.97 Å². The fourth-order valence-electron chi connectivity index (χ4n) is 1.29. The molecular weight excluding hydrogens is 266 g/mol. The standard InChI is InChI=1S/C13H17NO4S/c1-2-11(14)10-13(15)18-8-9-19(16,17)12-6-4-3-5-7-12/h3-7,10H,2,8-9,14H2,1H3. The zero-order valence-electron chi connectivity index (χ0n) is 10.7. The Kier molecular flexibility index (Phi) is 5.57. The molecule has 0 aliphatic carbocycles. The molecule has 0 aliphatic heterocycles. The van der Waals surface area contributed by atoms with Gasteiger partial charge in [-0.2, -0.15) is 0 Å². The van der Waals surface area contributed by atoms with Crippen LogP contribution in [-0.4, -0.2) is 26.7 Å². The van der Waals surface area contributed by atoms with Gasteiger partial charge in [0.05, 0.1) is 10.6 Å². The van der Waals surface area contributed by atoms with E-state index in [1.165, 1.54) is 12.1 Å². The highest BCUT2D eigenvalue weighted by Gasteiger charge is 2.14. The van der Waals surface area contributed by atoms with Gasteiger partial charge in [-0.15, -0.1) is 0 Å². The summed E-state index contributed by atoms with van der Waals surface area (Å²) in [6.07, 6.45) is 1.70. The third-order valence-corrected chi connectivity index (χ3v) is 4.10. The minimum atomic E-state index is -3.42. The molecule has 0 saturated carbocycles. The van der Waals surface area contributed by atoms with E-state index in [1.54, 1.807) is 25.1 Å². The van der Waals surface area contributed by atoms with Gasteiger partial charge in [-0.05, 0) is 18.6 Å². The smallest absolute Gasteiger partial charge is 0.332 e. The van der Waals surface area contributed by atoms with E-state index in [0.29, 0.717) is 12.1 Å². The number of hydrogen-bond acceptors (Lipinski definition) is 5. The predicted octanol–water partition coefficient (Wildman–Crippen LogP) is 1.26. The van der Waals surface area contributed by atoms with Crippen LogP contribution in [0.4, 0.5) is 0 Å². The summed E-state index contributed by atoms with van der Waals surface area (Å²) in [6.45, 7) is 1.61. The van der Waals surface area contributed by atoms with E-state index in [9.17, 15) is 13.2 Å². The van der Waals surface area contributed by atoms with E-state index in [-0.39, 0.29) is 17.3 Å². The largest absolute Gasteiger partial charge is 0.461 e. The van der Waals surface area contributed by atoms with Crippen LogP contribution in [0, 0.1) is 0 Å². The van der Waals surface area contributed by atoms with Crippen molar-refractivity contribution in [3.05, 3.63) is 42.1 Å². The van der Waals surface area contributed by atoms with Gasteiger partial charge in [-0.25, -0.2) is 13.2 Å². The molecule has 5 nitrogen and oxygen atoms in total. The molecule has 19 heavy (non-hydrogen) atoms. The summed E-state index contributed by atoms with van der Waals surface area (Å²) >= 11 is 0. The van der Waals surface area contributed by atoms with Crippen LogP contribution in [0.5, 0.6) is 0 Å². The van der Waals surface area contributed by atoms with E-state index in [4.69, 9.17) is 10.5 Å². The summed E-state index contributed by atoms with van der Waals surface area (Å²) in [5.74, 6) is -0.870. The maximum Gasteiger partial charge on any atom is 0.332 e. The molecule has 1 aromatic carbocycles. The lowest BCUT2D eigenvalue weighted by molar-refractivity contribution is -0.137. The maximum absolute atomic E-state index is 11.9. The quantitative estimate of drug-likeness (QED) is 0.627. The van der Waals surface area contributed by atoms with Gasteiger partial charge in [-0.1, -0.05) is 25.1 Å². The Balaban J connectivity index is 2.52. The number of carbonyl (C=O) groups excluding carboxylic acids is 1. The van der Waals surface area contributed by atoms with Crippen molar-refractivity contribution >= 4 is 15.8 Å². The Labute approximate surface area is 113 Å². The molecule has 0 radical (unpaired) electrons. The molecule has 104 valence electrons. The molecule has 0 atom stereocenters. The molecule has 0 unspecified atom stereocenters. The maximum atomic E-state index is 11.9. The van der Waals surface area contributed by atoms with Crippen LogP contribution in [0.15, 0.2) is 47.0 Å². The average molecular weight is 283 g/mol. The third kappa shape index (κ3) is 5.13. The van der Waals surface area contributed by atoms with Gasteiger partial charge < -0.3 is 10.5 Å². The number of carbonyl (C=O) groups is 1. The van der Waals surface area contributed by atoms with Crippen molar-refractivity contribution in [2.75, 3.05) is 12.4 Å². The van der Waals surface area contributed by atoms with Gasteiger partial charge in [0.15, 0.2) is 9.84 Å². The molecule has 1 aromatic rings. The molecule has 0 bridgehead atoms. The average Bonchev–Trinajstić information content (AvgIpc) is 2.39. The molecule has 0 spiro atoms. The number of esters is 1. The van der Waals surface area contributed by atoms with Crippen LogP contribution in [0.25, 0.3) is 0 Å². The molecular formula is C13H17NO4S. The zero-order valence-corrected chi connectivity index (χ0v) is 11.5. The van der Waals surface area contributed by atoms with Gasteiger partial charge in [0.2, 0.25) is 0 Å².